The van der Waals surface area contributed by atoms with Gasteiger partial charge in [-0.05, 0) is 105 Å². The molecule has 0 aromatic rings. The Morgan fingerprint density at radius 1 is 0.500 bits per heavy atom. The number of hydrogen-bond donors (Lipinski definition) is 0. The van der Waals surface area contributed by atoms with Crippen molar-refractivity contribution in [1.82, 2.24) is 0 Å². The molecule has 8 aliphatic rings. The molecular weight excluding hydrogens is 316 g/mol. The summed E-state index contributed by atoms with van der Waals surface area (Å²) in [7, 11) is 0. The molecule has 26 heavy (non-hydrogen) atoms. The standard InChI is InChI=1S/C12H16.C7H10.C6H8O/c1-2-8-5-7(1)11-9-3-4-10(6-9)12(8)11;1-2-7-4-3-6(1)5-7;1-2-6-4-3-5(1)7-6/h1-2,7-12H,3-6H2;1-2,6-7H,3-5H2;1-2,5-6H,3-4H2. The first-order chi connectivity index (χ1) is 12.8. The lowest BCUT2D eigenvalue weighted by Crippen LogP contribution is -2.25. The van der Waals surface area contributed by atoms with Crippen molar-refractivity contribution in [3.05, 3.63) is 36.5 Å². The van der Waals surface area contributed by atoms with Crippen molar-refractivity contribution in [2.45, 2.75) is 70.0 Å². The largest absolute Gasteiger partial charge is 0.367 e. The van der Waals surface area contributed by atoms with Crippen LogP contribution in [-0.2, 0) is 4.74 Å². The summed E-state index contributed by atoms with van der Waals surface area (Å²) in [6.07, 6.45) is 28.3. The van der Waals surface area contributed by atoms with Crippen LogP contribution in [0.2, 0.25) is 0 Å². The van der Waals surface area contributed by atoms with Crippen LogP contribution in [-0.4, -0.2) is 12.2 Å². The van der Waals surface area contributed by atoms with E-state index in [4.69, 9.17) is 4.74 Å². The highest BCUT2D eigenvalue weighted by Gasteiger charge is 2.57. The van der Waals surface area contributed by atoms with E-state index in [2.05, 4.69) is 36.5 Å². The Bertz CT molecular complexity index is 554. The molecule has 1 nitrogen and oxygen atoms in total. The average molecular weight is 351 g/mol. The van der Waals surface area contributed by atoms with Crippen molar-refractivity contribution in [3.8, 4) is 0 Å². The highest BCUT2D eigenvalue weighted by atomic mass is 16.5. The molecule has 8 rings (SSSR count). The van der Waals surface area contributed by atoms with E-state index in [0.717, 1.165) is 47.3 Å². The van der Waals surface area contributed by atoms with Crippen molar-refractivity contribution in [2.24, 2.45) is 47.3 Å². The summed E-state index contributed by atoms with van der Waals surface area (Å²) < 4.78 is 5.36. The van der Waals surface area contributed by atoms with Crippen molar-refractivity contribution < 1.29 is 4.74 Å². The smallest absolute Gasteiger partial charge is 0.0765 e. The minimum Gasteiger partial charge on any atom is -0.367 e. The normalized spacial score (nSPS) is 54.5. The fourth-order valence-corrected chi connectivity index (χ4v) is 7.91. The Labute approximate surface area is 159 Å². The molecule has 0 amide bonds. The lowest BCUT2D eigenvalue weighted by molar-refractivity contribution is 0.120. The molecule has 140 valence electrons. The van der Waals surface area contributed by atoms with Crippen molar-refractivity contribution in [3.63, 3.8) is 0 Å². The van der Waals surface area contributed by atoms with E-state index in [1.807, 2.05) is 0 Å². The van der Waals surface area contributed by atoms with Crippen LogP contribution in [0.3, 0.4) is 0 Å². The lowest BCUT2D eigenvalue weighted by atomic mass is 9.73. The van der Waals surface area contributed by atoms with Gasteiger partial charge >= 0.3 is 0 Å². The summed E-state index contributed by atoms with van der Waals surface area (Å²) in [4.78, 5) is 0. The minimum atomic E-state index is 0.491. The summed E-state index contributed by atoms with van der Waals surface area (Å²) >= 11 is 0. The summed E-state index contributed by atoms with van der Waals surface area (Å²) in [5.41, 5.74) is 0. The van der Waals surface area contributed by atoms with Crippen LogP contribution in [0, 0.1) is 47.3 Å². The molecule has 0 N–H and O–H groups in total. The minimum absolute atomic E-state index is 0.491. The molecular formula is C25H34O. The lowest BCUT2D eigenvalue weighted by Gasteiger charge is -2.31. The number of fused-ring (bicyclic) bond motifs is 13. The first kappa shape index (κ1) is 16.2. The van der Waals surface area contributed by atoms with Gasteiger partial charge in [-0.15, -0.1) is 0 Å². The fourth-order valence-electron chi connectivity index (χ4n) is 7.91. The van der Waals surface area contributed by atoms with E-state index in [0.29, 0.717) is 12.2 Å². The monoisotopic (exact) mass is 350 g/mol. The van der Waals surface area contributed by atoms with Crippen molar-refractivity contribution >= 4 is 0 Å². The quantitative estimate of drug-likeness (QED) is 0.388. The zero-order valence-corrected chi connectivity index (χ0v) is 16.0. The summed E-state index contributed by atoms with van der Waals surface area (Å²) in [5.74, 6) is 8.64. The maximum Gasteiger partial charge on any atom is 0.0765 e. The average Bonchev–Trinajstić information content (AvgIpc) is 3.55. The SMILES string of the molecule is C1=CC2CC1C1C3CCC(C3)C21.C1=CC2CCC1C2.C1=CC2CCC1O2. The molecule has 1 heteroatoms. The Hall–Kier alpha value is -0.820. The van der Waals surface area contributed by atoms with Gasteiger partial charge in [0.2, 0.25) is 0 Å². The van der Waals surface area contributed by atoms with Gasteiger partial charge in [0.15, 0.2) is 0 Å². The first-order valence-electron chi connectivity index (χ1n) is 11.5. The maximum absolute atomic E-state index is 5.36. The van der Waals surface area contributed by atoms with E-state index in [1.165, 1.54) is 38.5 Å². The summed E-state index contributed by atoms with van der Waals surface area (Å²) in [5, 5.41) is 0. The molecule has 0 radical (unpaired) electrons. The number of allylic oxidation sites excluding steroid dienone is 4. The number of rotatable bonds is 0. The van der Waals surface area contributed by atoms with Crippen LogP contribution in [0.25, 0.3) is 0 Å². The van der Waals surface area contributed by atoms with Crippen molar-refractivity contribution in [1.29, 1.82) is 0 Å². The van der Waals surface area contributed by atoms with Crippen LogP contribution in [0.4, 0.5) is 0 Å². The zero-order chi connectivity index (χ0) is 17.1. The van der Waals surface area contributed by atoms with E-state index in [-0.39, 0.29) is 0 Å². The maximum atomic E-state index is 5.36. The molecule has 4 saturated carbocycles. The van der Waals surface area contributed by atoms with Crippen LogP contribution in [0.1, 0.15) is 57.8 Å². The summed E-state index contributed by atoms with van der Waals surface area (Å²) in [6.45, 7) is 0. The second-order valence-corrected chi connectivity index (χ2v) is 10.3. The van der Waals surface area contributed by atoms with Gasteiger partial charge in [0, 0.05) is 0 Å². The number of ether oxygens (including phenoxy) is 1. The van der Waals surface area contributed by atoms with Gasteiger partial charge in [-0.1, -0.05) is 36.5 Å². The molecule has 1 saturated heterocycles. The molecule has 8 bridgehead atoms. The summed E-state index contributed by atoms with van der Waals surface area (Å²) in [6, 6.07) is 0. The predicted molar refractivity (Wildman–Crippen MR) is 106 cm³/mol. The van der Waals surface area contributed by atoms with Gasteiger partial charge in [-0.2, -0.15) is 0 Å². The second-order valence-electron chi connectivity index (χ2n) is 10.3. The Kier molecular flexibility index (Phi) is 3.96. The van der Waals surface area contributed by atoms with Crippen LogP contribution < -0.4 is 0 Å². The molecule has 0 aromatic carbocycles. The third-order valence-corrected chi connectivity index (χ3v) is 8.98. The molecule has 10 atom stereocenters. The highest BCUT2D eigenvalue weighted by molar-refractivity contribution is 5.19. The van der Waals surface area contributed by atoms with Gasteiger partial charge in [0.25, 0.3) is 0 Å². The first-order valence-corrected chi connectivity index (χ1v) is 11.5. The van der Waals surface area contributed by atoms with Gasteiger partial charge in [-0.25, -0.2) is 0 Å². The van der Waals surface area contributed by atoms with Crippen LogP contribution >= 0.6 is 0 Å². The van der Waals surface area contributed by atoms with E-state index >= 15 is 0 Å². The zero-order valence-electron chi connectivity index (χ0n) is 16.0. The van der Waals surface area contributed by atoms with E-state index < -0.39 is 0 Å². The van der Waals surface area contributed by atoms with Gasteiger partial charge in [0.05, 0.1) is 12.2 Å². The Morgan fingerprint density at radius 2 is 1.08 bits per heavy atom. The Balaban J connectivity index is 0.0000000847. The molecule has 0 aromatic heterocycles. The van der Waals surface area contributed by atoms with Crippen LogP contribution in [0.5, 0.6) is 0 Å². The molecule has 0 spiro atoms. The van der Waals surface area contributed by atoms with Crippen LogP contribution in [0.15, 0.2) is 36.5 Å². The van der Waals surface area contributed by atoms with Gasteiger partial charge in [0.1, 0.15) is 0 Å². The fraction of sp³-hybridized carbons (Fsp3) is 0.760. The molecule has 2 heterocycles. The van der Waals surface area contributed by atoms with E-state index in [9.17, 15) is 0 Å². The topological polar surface area (TPSA) is 9.23 Å². The third kappa shape index (κ3) is 2.68. The molecule has 2 aliphatic heterocycles. The molecule has 10 unspecified atom stereocenters. The van der Waals surface area contributed by atoms with Crippen molar-refractivity contribution in [2.75, 3.05) is 0 Å². The van der Waals surface area contributed by atoms with E-state index in [1.54, 1.807) is 19.3 Å². The predicted octanol–water partition coefficient (Wildman–Crippen LogP) is 5.93. The number of hydrogen-bond acceptors (Lipinski definition) is 1. The second kappa shape index (κ2) is 6.36. The third-order valence-electron chi connectivity index (χ3n) is 8.98. The van der Waals surface area contributed by atoms with Gasteiger partial charge < -0.3 is 4.74 Å². The highest BCUT2D eigenvalue weighted by Crippen LogP contribution is 2.65. The van der Waals surface area contributed by atoms with Gasteiger partial charge in [-0.3, -0.25) is 0 Å². The molecule has 5 fully saturated rings. The Morgan fingerprint density at radius 3 is 1.42 bits per heavy atom. The molecule has 6 aliphatic carbocycles.